The first-order chi connectivity index (χ1) is 11.7. The number of anilines is 1. The summed E-state index contributed by atoms with van der Waals surface area (Å²) >= 11 is 0. The van der Waals surface area contributed by atoms with Crippen molar-refractivity contribution in [3.05, 3.63) is 41.5 Å². The van der Waals surface area contributed by atoms with E-state index in [-0.39, 0.29) is 18.6 Å². The number of carbonyl (C=O) groups excluding carboxylic acids is 1. The minimum atomic E-state index is -0.0805. The van der Waals surface area contributed by atoms with Gasteiger partial charge in [-0.15, -0.1) is 0 Å². The Kier molecular flexibility index (Phi) is 3.45. The fraction of sp³-hybridized carbons (Fsp3) is 0.278. The first-order valence-corrected chi connectivity index (χ1v) is 7.65. The van der Waals surface area contributed by atoms with Crippen LogP contribution in [0.1, 0.15) is 23.5 Å². The van der Waals surface area contributed by atoms with Crippen LogP contribution in [0.25, 0.3) is 0 Å². The van der Waals surface area contributed by atoms with Gasteiger partial charge in [-0.3, -0.25) is 4.79 Å². The summed E-state index contributed by atoms with van der Waals surface area (Å²) in [7, 11) is 3.19. The summed E-state index contributed by atoms with van der Waals surface area (Å²) in [6.45, 7) is 0.175. The predicted molar refractivity (Wildman–Crippen MR) is 87.2 cm³/mol. The molecule has 1 atom stereocenters. The van der Waals surface area contributed by atoms with E-state index in [2.05, 4.69) is 5.32 Å². The molecule has 0 spiro atoms. The molecule has 1 amide bonds. The van der Waals surface area contributed by atoms with Crippen LogP contribution >= 0.6 is 0 Å². The largest absolute Gasteiger partial charge is 0.497 e. The van der Waals surface area contributed by atoms with E-state index in [9.17, 15) is 4.79 Å². The van der Waals surface area contributed by atoms with Gasteiger partial charge in [0.15, 0.2) is 11.5 Å². The summed E-state index contributed by atoms with van der Waals surface area (Å²) in [6.07, 6.45) is 0.363. The van der Waals surface area contributed by atoms with Crippen molar-refractivity contribution < 1.29 is 23.7 Å². The minimum absolute atomic E-state index is 0.0302. The number of amides is 1. The second-order valence-corrected chi connectivity index (χ2v) is 5.72. The fourth-order valence-electron chi connectivity index (χ4n) is 3.22. The lowest BCUT2D eigenvalue weighted by molar-refractivity contribution is -0.116. The zero-order valence-electron chi connectivity index (χ0n) is 13.4. The molecule has 0 bridgehead atoms. The van der Waals surface area contributed by atoms with Crippen molar-refractivity contribution in [2.75, 3.05) is 26.3 Å². The molecule has 2 aliphatic heterocycles. The predicted octanol–water partition coefficient (Wildman–Crippen LogP) is 2.91. The number of fused-ring (bicyclic) bond motifs is 2. The zero-order chi connectivity index (χ0) is 16.7. The van der Waals surface area contributed by atoms with Crippen molar-refractivity contribution >= 4 is 11.6 Å². The number of rotatable bonds is 3. The van der Waals surface area contributed by atoms with Crippen molar-refractivity contribution in [3.63, 3.8) is 0 Å². The second kappa shape index (κ2) is 5.63. The van der Waals surface area contributed by atoms with Crippen LogP contribution in [0.5, 0.6) is 23.0 Å². The lowest BCUT2D eigenvalue weighted by Crippen LogP contribution is -2.23. The number of methoxy groups -OCH3 is 2. The molecule has 0 aliphatic carbocycles. The molecule has 1 N–H and O–H groups in total. The Bertz CT molecular complexity index is 817. The summed E-state index contributed by atoms with van der Waals surface area (Å²) in [4.78, 5) is 12.2. The highest BCUT2D eigenvalue weighted by Crippen LogP contribution is 2.46. The van der Waals surface area contributed by atoms with Gasteiger partial charge in [0, 0.05) is 24.1 Å². The van der Waals surface area contributed by atoms with Crippen LogP contribution in [0.15, 0.2) is 30.3 Å². The molecular weight excluding hydrogens is 310 g/mol. The second-order valence-electron chi connectivity index (χ2n) is 5.72. The summed E-state index contributed by atoms with van der Waals surface area (Å²) in [5.41, 5.74) is 2.76. The molecule has 2 aliphatic rings. The lowest BCUT2D eigenvalue weighted by atomic mass is 9.84. The smallest absolute Gasteiger partial charge is 0.231 e. The average molecular weight is 327 g/mol. The number of hydrogen-bond acceptors (Lipinski definition) is 5. The summed E-state index contributed by atoms with van der Waals surface area (Å²) in [5.74, 6) is 2.46. The number of benzene rings is 2. The van der Waals surface area contributed by atoms with E-state index in [4.69, 9.17) is 18.9 Å². The van der Waals surface area contributed by atoms with Gasteiger partial charge in [0.25, 0.3) is 0 Å². The Hall–Kier alpha value is -2.89. The van der Waals surface area contributed by atoms with E-state index in [1.54, 1.807) is 14.2 Å². The molecule has 0 saturated carbocycles. The molecule has 2 aromatic carbocycles. The molecule has 4 rings (SSSR count). The average Bonchev–Trinajstić information content (AvgIpc) is 3.08. The van der Waals surface area contributed by atoms with Crippen LogP contribution in [0.3, 0.4) is 0 Å². The van der Waals surface area contributed by atoms with Crippen LogP contribution < -0.4 is 24.3 Å². The molecule has 6 heteroatoms. The number of carbonyl (C=O) groups is 1. The standard InChI is InChI=1S/C18H17NO5/c1-21-11-3-4-12-13(8-17(20)19-14(12)7-11)10-5-15(22-2)18-16(6-10)23-9-24-18/h3-7,13H,8-9H2,1-2H3,(H,19,20). The monoisotopic (exact) mass is 327 g/mol. The Morgan fingerprint density at radius 2 is 2.00 bits per heavy atom. The topological polar surface area (TPSA) is 66.0 Å². The summed E-state index contributed by atoms with van der Waals surface area (Å²) in [5, 5.41) is 2.91. The van der Waals surface area contributed by atoms with Gasteiger partial charge in [0.05, 0.1) is 14.2 Å². The number of ether oxygens (including phenoxy) is 4. The van der Waals surface area contributed by atoms with Gasteiger partial charge < -0.3 is 24.3 Å². The van der Waals surface area contributed by atoms with Crippen molar-refractivity contribution in [1.29, 1.82) is 0 Å². The molecule has 24 heavy (non-hydrogen) atoms. The highest BCUT2D eigenvalue weighted by atomic mass is 16.7. The molecule has 0 aromatic heterocycles. The Balaban J connectivity index is 1.82. The Morgan fingerprint density at radius 3 is 2.79 bits per heavy atom. The molecule has 0 fully saturated rings. The van der Waals surface area contributed by atoms with Crippen molar-refractivity contribution in [2.45, 2.75) is 12.3 Å². The van der Waals surface area contributed by atoms with E-state index < -0.39 is 0 Å². The third-order valence-electron chi connectivity index (χ3n) is 4.38. The van der Waals surface area contributed by atoms with Gasteiger partial charge in [-0.05, 0) is 29.3 Å². The van der Waals surface area contributed by atoms with E-state index in [1.807, 2.05) is 30.3 Å². The molecule has 124 valence electrons. The molecule has 6 nitrogen and oxygen atoms in total. The van der Waals surface area contributed by atoms with E-state index in [0.29, 0.717) is 29.4 Å². The summed E-state index contributed by atoms with van der Waals surface area (Å²) < 4.78 is 21.6. The van der Waals surface area contributed by atoms with E-state index in [0.717, 1.165) is 16.8 Å². The number of hydrogen-bond donors (Lipinski definition) is 1. The van der Waals surface area contributed by atoms with Crippen molar-refractivity contribution in [3.8, 4) is 23.0 Å². The maximum atomic E-state index is 12.2. The van der Waals surface area contributed by atoms with Gasteiger partial charge in [0.2, 0.25) is 18.4 Å². The van der Waals surface area contributed by atoms with E-state index >= 15 is 0 Å². The van der Waals surface area contributed by atoms with Crippen molar-refractivity contribution in [1.82, 2.24) is 0 Å². The minimum Gasteiger partial charge on any atom is -0.497 e. The van der Waals surface area contributed by atoms with Crippen LogP contribution in [-0.2, 0) is 4.79 Å². The third-order valence-corrected chi connectivity index (χ3v) is 4.38. The van der Waals surface area contributed by atoms with Crippen LogP contribution in [-0.4, -0.2) is 26.9 Å². The first-order valence-electron chi connectivity index (χ1n) is 7.65. The maximum absolute atomic E-state index is 12.2. The summed E-state index contributed by atoms with van der Waals surface area (Å²) in [6, 6.07) is 9.54. The van der Waals surface area contributed by atoms with Gasteiger partial charge in [-0.2, -0.15) is 0 Å². The highest BCUT2D eigenvalue weighted by molar-refractivity contribution is 5.95. The molecule has 0 radical (unpaired) electrons. The van der Waals surface area contributed by atoms with Crippen molar-refractivity contribution in [2.24, 2.45) is 0 Å². The zero-order valence-corrected chi connectivity index (χ0v) is 13.4. The first kappa shape index (κ1) is 14.7. The van der Waals surface area contributed by atoms with Gasteiger partial charge in [0.1, 0.15) is 5.75 Å². The molecule has 0 saturated heterocycles. The quantitative estimate of drug-likeness (QED) is 0.939. The Morgan fingerprint density at radius 1 is 1.12 bits per heavy atom. The molecular formula is C18H17NO5. The Labute approximate surface area is 139 Å². The van der Waals surface area contributed by atoms with Crippen LogP contribution in [0, 0.1) is 0 Å². The van der Waals surface area contributed by atoms with E-state index in [1.165, 1.54) is 0 Å². The fourth-order valence-corrected chi connectivity index (χ4v) is 3.22. The molecule has 2 aromatic rings. The van der Waals surface area contributed by atoms with Crippen LogP contribution in [0.4, 0.5) is 5.69 Å². The maximum Gasteiger partial charge on any atom is 0.231 e. The van der Waals surface area contributed by atoms with Crippen LogP contribution in [0.2, 0.25) is 0 Å². The molecule has 2 heterocycles. The van der Waals surface area contributed by atoms with Gasteiger partial charge in [-0.25, -0.2) is 0 Å². The normalized spacial score (nSPS) is 17.9. The highest BCUT2D eigenvalue weighted by Gasteiger charge is 2.30. The van der Waals surface area contributed by atoms with Gasteiger partial charge >= 0.3 is 0 Å². The third kappa shape index (κ3) is 2.31. The van der Waals surface area contributed by atoms with Gasteiger partial charge in [-0.1, -0.05) is 6.07 Å². The SMILES string of the molecule is COc1ccc2c(c1)NC(=O)CC2c1cc(OC)c2c(c1)OCO2. The molecule has 1 unspecified atom stereocenters. The lowest BCUT2D eigenvalue weighted by Gasteiger charge is -2.26. The number of nitrogens with one attached hydrogen (secondary N) is 1.